The molecule has 78 valence electrons. The Morgan fingerprint density at radius 3 is 2.67 bits per heavy atom. The van der Waals surface area contributed by atoms with Crippen LogP contribution in [0.15, 0.2) is 41.0 Å². The molecule has 0 saturated carbocycles. The third kappa shape index (κ3) is 1.95. The summed E-state index contributed by atoms with van der Waals surface area (Å²) in [7, 11) is 1.92. The van der Waals surface area contributed by atoms with Crippen LogP contribution in [0.1, 0.15) is 11.3 Å². The van der Waals surface area contributed by atoms with Crippen LogP contribution in [0.5, 0.6) is 0 Å². The van der Waals surface area contributed by atoms with Crippen LogP contribution in [0.25, 0.3) is 11.1 Å². The van der Waals surface area contributed by atoms with Crippen LogP contribution in [0.4, 0.5) is 0 Å². The van der Waals surface area contributed by atoms with Crippen LogP contribution in [0.3, 0.4) is 0 Å². The minimum Gasteiger partial charge on any atom is -0.467 e. The summed E-state index contributed by atoms with van der Waals surface area (Å²) >= 11 is 0. The topological polar surface area (TPSA) is 25.2 Å². The van der Waals surface area contributed by atoms with Gasteiger partial charge >= 0.3 is 0 Å². The highest BCUT2D eigenvalue weighted by atomic mass is 16.3. The van der Waals surface area contributed by atoms with E-state index in [9.17, 15) is 0 Å². The molecule has 0 aliphatic carbocycles. The average molecular weight is 201 g/mol. The lowest BCUT2D eigenvalue weighted by Crippen LogP contribution is -2.04. The highest BCUT2D eigenvalue weighted by Gasteiger charge is 2.09. The molecule has 0 spiro atoms. The zero-order valence-electron chi connectivity index (χ0n) is 9.08. The van der Waals surface area contributed by atoms with Crippen LogP contribution in [0, 0.1) is 6.92 Å². The predicted molar refractivity (Wildman–Crippen MR) is 61.6 cm³/mol. The van der Waals surface area contributed by atoms with E-state index in [1.807, 2.05) is 13.1 Å². The molecule has 1 N–H and O–H groups in total. The number of nitrogens with one attached hydrogen (secondary N) is 1. The Kier molecular flexibility index (Phi) is 2.88. The van der Waals surface area contributed by atoms with E-state index in [0.29, 0.717) is 0 Å². The summed E-state index contributed by atoms with van der Waals surface area (Å²) in [6.45, 7) is 2.88. The van der Waals surface area contributed by atoms with Crippen LogP contribution in [0.2, 0.25) is 0 Å². The van der Waals surface area contributed by atoms with Gasteiger partial charge in [-0.1, -0.05) is 24.3 Å². The molecule has 2 aromatic rings. The maximum absolute atomic E-state index is 5.45. The molecule has 0 radical (unpaired) electrons. The smallest absolute Gasteiger partial charge is 0.125 e. The minimum absolute atomic E-state index is 0.761. The van der Waals surface area contributed by atoms with Crippen molar-refractivity contribution in [3.05, 3.63) is 47.9 Å². The Labute approximate surface area is 89.9 Å². The fourth-order valence-corrected chi connectivity index (χ4v) is 1.75. The quantitative estimate of drug-likeness (QED) is 0.825. The minimum atomic E-state index is 0.761. The third-order valence-electron chi connectivity index (χ3n) is 2.52. The molecule has 2 rings (SSSR count). The lowest BCUT2D eigenvalue weighted by molar-refractivity contribution is 0.497. The van der Waals surface area contributed by atoms with E-state index in [-0.39, 0.29) is 0 Å². The van der Waals surface area contributed by atoms with Gasteiger partial charge in [-0.25, -0.2) is 0 Å². The molecule has 0 saturated heterocycles. The Hall–Kier alpha value is -1.54. The SMILES string of the molecule is CNCc1occc1-c1ccccc1C. The number of benzene rings is 1. The molecule has 2 nitrogen and oxygen atoms in total. The van der Waals surface area contributed by atoms with Crippen LogP contribution < -0.4 is 5.32 Å². The monoisotopic (exact) mass is 201 g/mol. The van der Waals surface area contributed by atoms with Gasteiger partial charge in [-0.3, -0.25) is 0 Å². The van der Waals surface area contributed by atoms with Crippen molar-refractivity contribution in [1.29, 1.82) is 0 Å². The van der Waals surface area contributed by atoms with Gasteiger partial charge < -0.3 is 9.73 Å². The first-order chi connectivity index (χ1) is 7.33. The molecule has 2 heteroatoms. The van der Waals surface area contributed by atoms with Crippen LogP contribution in [-0.2, 0) is 6.54 Å². The molecule has 1 aromatic carbocycles. The number of furan rings is 1. The Bertz CT molecular complexity index is 445. The Morgan fingerprint density at radius 1 is 1.13 bits per heavy atom. The van der Waals surface area contributed by atoms with Gasteiger partial charge in [0.05, 0.1) is 12.8 Å². The van der Waals surface area contributed by atoms with Crippen LogP contribution in [-0.4, -0.2) is 7.05 Å². The standard InChI is InChI=1S/C13H15NO/c1-10-5-3-4-6-11(10)12-7-8-15-13(12)9-14-2/h3-8,14H,9H2,1-2H3. The second kappa shape index (κ2) is 4.32. The van der Waals surface area contributed by atoms with E-state index < -0.39 is 0 Å². The van der Waals surface area contributed by atoms with Crippen molar-refractivity contribution < 1.29 is 4.42 Å². The fraction of sp³-hybridized carbons (Fsp3) is 0.231. The van der Waals surface area contributed by atoms with E-state index in [1.54, 1.807) is 6.26 Å². The zero-order valence-corrected chi connectivity index (χ0v) is 9.08. The van der Waals surface area contributed by atoms with Crippen LogP contribution >= 0.6 is 0 Å². The molecule has 0 bridgehead atoms. The van der Waals surface area contributed by atoms with Gasteiger partial charge in [0.25, 0.3) is 0 Å². The van der Waals surface area contributed by atoms with Gasteiger partial charge in [0.15, 0.2) is 0 Å². The third-order valence-corrected chi connectivity index (χ3v) is 2.52. The maximum atomic E-state index is 5.45. The second-order valence-electron chi connectivity index (χ2n) is 3.60. The lowest BCUT2D eigenvalue weighted by atomic mass is 10.0. The van der Waals surface area contributed by atoms with Gasteiger partial charge in [0.1, 0.15) is 5.76 Å². The van der Waals surface area contributed by atoms with E-state index >= 15 is 0 Å². The highest BCUT2D eigenvalue weighted by Crippen LogP contribution is 2.27. The molecule has 1 aromatic heterocycles. The zero-order chi connectivity index (χ0) is 10.7. The molecule has 0 aliphatic rings. The Morgan fingerprint density at radius 2 is 1.93 bits per heavy atom. The van der Waals surface area contributed by atoms with Crippen molar-refractivity contribution in [3.8, 4) is 11.1 Å². The van der Waals surface area contributed by atoms with Gasteiger partial charge in [-0.05, 0) is 31.2 Å². The summed E-state index contributed by atoms with van der Waals surface area (Å²) in [5.41, 5.74) is 3.70. The highest BCUT2D eigenvalue weighted by molar-refractivity contribution is 5.68. The van der Waals surface area contributed by atoms with Crippen molar-refractivity contribution in [2.75, 3.05) is 7.05 Å². The summed E-state index contributed by atoms with van der Waals surface area (Å²) in [5.74, 6) is 0.992. The van der Waals surface area contributed by atoms with E-state index in [0.717, 1.165) is 12.3 Å². The summed E-state index contributed by atoms with van der Waals surface area (Å²) in [5, 5.41) is 3.11. The average Bonchev–Trinajstić information content (AvgIpc) is 2.67. The van der Waals surface area contributed by atoms with Crippen molar-refractivity contribution in [3.63, 3.8) is 0 Å². The van der Waals surface area contributed by atoms with Gasteiger partial charge in [-0.15, -0.1) is 0 Å². The summed E-state index contributed by atoms with van der Waals surface area (Å²) in [6, 6.07) is 10.4. The van der Waals surface area contributed by atoms with E-state index in [4.69, 9.17) is 4.42 Å². The largest absolute Gasteiger partial charge is 0.467 e. The molecule has 15 heavy (non-hydrogen) atoms. The molecule has 0 fully saturated rings. The molecule has 0 atom stereocenters. The number of rotatable bonds is 3. The summed E-state index contributed by atoms with van der Waals surface area (Å²) in [4.78, 5) is 0. The molecule has 0 aliphatic heterocycles. The number of hydrogen-bond donors (Lipinski definition) is 1. The van der Waals surface area contributed by atoms with Crippen molar-refractivity contribution in [2.45, 2.75) is 13.5 Å². The van der Waals surface area contributed by atoms with Crippen molar-refractivity contribution in [2.24, 2.45) is 0 Å². The van der Waals surface area contributed by atoms with Gasteiger partial charge in [-0.2, -0.15) is 0 Å². The first-order valence-corrected chi connectivity index (χ1v) is 5.10. The number of hydrogen-bond acceptors (Lipinski definition) is 2. The molecule has 0 amide bonds. The molecule has 1 heterocycles. The Balaban J connectivity index is 2.45. The maximum Gasteiger partial charge on any atom is 0.125 e. The van der Waals surface area contributed by atoms with Gasteiger partial charge in [0.2, 0.25) is 0 Å². The first-order valence-electron chi connectivity index (χ1n) is 5.10. The van der Waals surface area contributed by atoms with E-state index in [1.165, 1.54) is 16.7 Å². The predicted octanol–water partition coefficient (Wildman–Crippen LogP) is 2.97. The summed E-state index contributed by atoms with van der Waals surface area (Å²) in [6.07, 6.45) is 1.74. The fourth-order valence-electron chi connectivity index (χ4n) is 1.75. The number of aryl methyl sites for hydroxylation is 1. The molecular weight excluding hydrogens is 186 g/mol. The second-order valence-corrected chi connectivity index (χ2v) is 3.60. The van der Waals surface area contributed by atoms with Crippen molar-refractivity contribution in [1.82, 2.24) is 5.32 Å². The normalized spacial score (nSPS) is 10.5. The molecule has 0 unspecified atom stereocenters. The summed E-state index contributed by atoms with van der Waals surface area (Å²) < 4.78 is 5.45. The first kappa shape index (κ1) is 9.99. The van der Waals surface area contributed by atoms with E-state index in [2.05, 4.69) is 36.5 Å². The van der Waals surface area contributed by atoms with Gasteiger partial charge in [0, 0.05) is 5.56 Å². The molecular formula is C13H15NO. The van der Waals surface area contributed by atoms with Crippen molar-refractivity contribution >= 4 is 0 Å². The lowest BCUT2D eigenvalue weighted by Gasteiger charge is -2.05.